The highest BCUT2D eigenvalue weighted by atomic mass is 32.2. The lowest BCUT2D eigenvalue weighted by Crippen LogP contribution is -2.47. The molecular weight excluding hydrogens is 568 g/mol. The lowest BCUT2D eigenvalue weighted by molar-refractivity contribution is -0.137. The maximum absolute atomic E-state index is 14.3. The zero-order valence-corrected chi connectivity index (χ0v) is 25.3. The molecule has 0 fully saturated rings. The molecule has 43 heavy (non-hydrogen) atoms. The van der Waals surface area contributed by atoms with Crippen LogP contribution in [0.15, 0.2) is 70.3 Å². The second kappa shape index (κ2) is 11.8. The molecular formula is C32H34N4O6S. The molecule has 0 saturated heterocycles. The Kier molecular flexibility index (Phi) is 7.93. The number of amides is 1. The molecule has 0 radical (unpaired) electrons. The molecule has 2 aromatic carbocycles. The molecule has 4 aromatic rings. The fraction of sp³-hybridized carbons (Fsp3) is 0.344. The number of carbonyl (C=O) groups excluding carboxylic acids is 1. The number of carbonyl (C=O) groups is 1. The zero-order chi connectivity index (χ0) is 30.1. The van der Waals surface area contributed by atoms with Gasteiger partial charge in [-0.25, -0.2) is 8.42 Å². The summed E-state index contributed by atoms with van der Waals surface area (Å²) in [6, 6.07) is 14.3. The first-order chi connectivity index (χ1) is 20.8. The smallest absolute Gasteiger partial charge is 0.265 e. The molecule has 1 atom stereocenters. The Bertz CT molecular complexity index is 1730. The Morgan fingerprint density at radius 2 is 1.81 bits per heavy atom. The van der Waals surface area contributed by atoms with E-state index in [1.807, 2.05) is 36.4 Å². The van der Waals surface area contributed by atoms with Crippen LogP contribution >= 0.6 is 0 Å². The molecule has 2 aromatic heterocycles. The number of rotatable bonds is 8. The Morgan fingerprint density at radius 3 is 2.56 bits per heavy atom. The molecule has 0 N–H and O–H groups in total. The quantitative estimate of drug-likeness (QED) is 0.290. The van der Waals surface area contributed by atoms with Crippen molar-refractivity contribution in [2.45, 2.75) is 50.6 Å². The minimum absolute atomic E-state index is 0.0855. The van der Waals surface area contributed by atoms with Crippen LogP contribution in [0.1, 0.15) is 34.4 Å². The van der Waals surface area contributed by atoms with E-state index < -0.39 is 16.1 Å². The van der Waals surface area contributed by atoms with Crippen LogP contribution in [0.5, 0.6) is 5.75 Å². The van der Waals surface area contributed by atoms with Crippen molar-refractivity contribution in [2.24, 2.45) is 0 Å². The number of para-hydroxylation sites is 1. The second-order valence-corrected chi connectivity index (χ2v) is 12.7. The predicted molar refractivity (Wildman–Crippen MR) is 160 cm³/mol. The zero-order valence-electron chi connectivity index (χ0n) is 24.4. The number of sulfonamides is 1. The number of pyridine rings is 1. The summed E-state index contributed by atoms with van der Waals surface area (Å²) >= 11 is 0. The van der Waals surface area contributed by atoms with Gasteiger partial charge in [0, 0.05) is 36.5 Å². The van der Waals surface area contributed by atoms with Crippen molar-refractivity contribution in [3.8, 4) is 17.0 Å². The van der Waals surface area contributed by atoms with E-state index in [2.05, 4.69) is 10.1 Å². The number of hydrogen-bond acceptors (Lipinski definition) is 8. The fourth-order valence-corrected chi connectivity index (χ4v) is 8.24. The van der Waals surface area contributed by atoms with Gasteiger partial charge in [0.1, 0.15) is 23.8 Å². The van der Waals surface area contributed by atoms with Gasteiger partial charge >= 0.3 is 0 Å². The van der Waals surface area contributed by atoms with Crippen molar-refractivity contribution in [2.75, 3.05) is 31.2 Å². The van der Waals surface area contributed by atoms with Gasteiger partial charge in [-0.3, -0.25) is 14.1 Å². The first kappa shape index (κ1) is 28.9. The molecule has 10 nitrogen and oxygen atoms in total. The summed E-state index contributed by atoms with van der Waals surface area (Å²) in [5, 5.41) is 4.24. The number of ether oxygens (including phenoxy) is 2. The third kappa shape index (κ3) is 5.50. The Morgan fingerprint density at radius 1 is 1.07 bits per heavy atom. The number of fused-ring (bicyclic) bond motifs is 2. The van der Waals surface area contributed by atoms with E-state index in [4.69, 9.17) is 14.0 Å². The van der Waals surface area contributed by atoms with Gasteiger partial charge in [0.15, 0.2) is 0 Å². The number of benzene rings is 2. The summed E-state index contributed by atoms with van der Waals surface area (Å²) in [5.74, 6) is 1.22. The highest BCUT2D eigenvalue weighted by Crippen LogP contribution is 2.38. The minimum atomic E-state index is -3.96. The molecule has 11 heteroatoms. The molecule has 6 rings (SSSR count). The first-order valence-electron chi connectivity index (χ1n) is 14.3. The summed E-state index contributed by atoms with van der Waals surface area (Å²) in [5.41, 5.74) is 5.30. The maximum atomic E-state index is 14.3. The van der Waals surface area contributed by atoms with Crippen LogP contribution in [0.4, 0.5) is 5.69 Å². The van der Waals surface area contributed by atoms with Gasteiger partial charge in [0.05, 0.1) is 36.9 Å². The SMILES string of the molecule is COc1cc(C)c(S(=O)(=O)N2c3ccccc3CC[C@H]2COCC(=O)N2CCc3onc(-c4ccncc4)c3C2)c(C)c1. The third-order valence-electron chi connectivity index (χ3n) is 8.16. The van der Waals surface area contributed by atoms with Crippen LogP contribution in [0.25, 0.3) is 11.3 Å². The normalized spacial score (nSPS) is 16.5. The van der Waals surface area contributed by atoms with E-state index >= 15 is 0 Å². The van der Waals surface area contributed by atoms with Crippen molar-refractivity contribution in [3.63, 3.8) is 0 Å². The first-order valence-corrected chi connectivity index (χ1v) is 15.7. The van der Waals surface area contributed by atoms with Crippen molar-refractivity contribution >= 4 is 21.6 Å². The number of nitrogens with zero attached hydrogens (tertiary/aromatic N) is 4. The van der Waals surface area contributed by atoms with Gasteiger partial charge < -0.3 is 18.9 Å². The molecule has 1 amide bonds. The van der Waals surface area contributed by atoms with Crippen molar-refractivity contribution in [1.29, 1.82) is 0 Å². The van der Waals surface area contributed by atoms with Gasteiger partial charge in [0.2, 0.25) is 5.91 Å². The van der Waals surface area contributed by atoms with E-state index in [9.17, 15) is 13.2 Å². The second-order valence-electron chi connectivity index (χ2n) is 11.0. The van der Waals surface area contributed by atoms with Gasteiger partial charge in [-0.2, -0.15) is 0 Å². The van der Waals surface area contributed by atoms with E-state index in [1.54, 1.807) is 50.4 Å². The van der Waals surface area contributed by atoms with Crippen LogP contribution in [0.3, 0.4) is 0 Å². The fourth-order valence-electron chi connectivity index (χ4n) is 6.12. The summed E-state index contributed by atoms with van der Waals surface area (Å²) in [4.78, 5) is 19.3. The summed E-state index contributed by atoms with van der Waals surface area (Å²) in [6.07, 6.45) is 5.23. The van der Waals surface area contributed by atoms with Gasteiger partial charge in [-0.15, -0.1) is 0 Å². The lowest BCUT2D eigenvalue weighted by Gasteiger charge is -2.38. The van der Waals surface area contributed by atoms with Crippen molar-refractivity contribution < 1.29 is 27.2 Å². The van der Waals surface area contributed by atoms with Crippen LogP contribution in [0.2, 0.25) is 0 Å². The summed E-state index contributed by atoms with van der Waals surface area (Å²) in [6.45, 7) is 4.35. The maximum Gasteiger partial charge on any atom is 0.265 e. The van der Waals surface area contributed by atoms with Gasteiger partial charge in [-0.05, 0) is 73.7 Å². The molecule has 0 bridgehead atoms. The van der Waals surface area contributed by atoms with Crippen LogP contribution in [0, 0.1) is 13.8 Å². The standard InChI is InChI=1S/C32H34N4O6S/c1-21-16-26(40-3)17-22(2)32(21)43(38,39)36-25(9-8-23-6-4-5-7-28(23)36)19-41-20-30(37)35-15-12-29-27(18-35)31(34-42-29)24-10-13-33-14-11-24/h4-7,10-11,13-14,16-17,25H,8-9,12,15,18-20H2,1-3H3/t25-/m0/s1. The van der Waals surface area contributed by atoms with E-state index in [1.165, 1.54) is 4.31 Å². The Hall–Kier alpha value is -4.22. The molecule has 2 aliphatic rings. The number of anilines is 1. The lowest BCUT2D eigenvalue weighted by atomic mass is 9.98. The van der Waals surface area contributed by atoms with E-state index in [-0.39, 0.29) is 24.0 Å². The van der Waals surface area contributed by atoms with Gasteiger partial charge in [-0.1, -0.05) is 23.4 Å². The average Bonchev–Trinajstić information content (AvgIpc) is 3.44. The summed E-state index contributed by atoms with van der Waals surface area (Å²) < 4.78 is 47.0. The van der Waals surface area contributed by atoms with E-state index in [0.717, 1.165) is 22.5 Å². The van der Waals surface area contributed by atoms with E-state index in [0.29, 0.717) is 60.6 Å². The van der Waals surface area contributed by atoms with Crippen molar-refractivity contribution in [1.82, 2.24) is 15.0 Å². The summed E-state index contributed by atoms with van der Waals surface area (Å²) in [7, 11) is -2.40. The van der Waals surface area contributed by atoms with Crippen molar-refractivity contribution in [3.05, 3.63) is 88.9 Å². The highest BCUT2D eigenvalue weighted by molar-refractivity contribution is 7.93. The largest absolute Gasteiger partial charge is 0.497 e. The average molecular weight is 603 g/mol. The molecule has 4 heterocycles. The Balaban J connectivity index is 1.19. The number of hydrogen-bond donors (Lipinski definition) is 0. The third-order valence-corrected chi connectivity index (χ3v) is 10.3. The predicted octanol–water partition coefficient (Wildman–Crippen LogP) is 4.47. The molecule has 0 aliphatic carbocycles. The van der Waals surface area contributed by atoms with Crippen LogP contribution < -0.4 is 9.04 Å². The molecule has 0 saturated carbocycles. The number of aryl methyl sites for hydroxylation is 3. The highest BCUT2D eigenvalue weighted by Gasteiger charge is 2.38. The Labute approximate surface area is 251 Å². The van der Waals surface area contributed by atoms with Crippen LogP contribution in [-0.4, -0.2) is 62.3 Å². The van der Waals surface area contributed by atoms with Crippen LogP contribution in [-0.2, 0) is 38.9 Å². The molecule has 2 aliphatic heterocycles. The number of aromatic nitrogens is 2. The molecule has 224 valence electrons. The number of methoxy groups -OCH3 is 1. The van der Waals surface area contributed by atoms with Gasteiger partial charge in [0.25, 0.3) is 10.0 Å². The topological polar surface area (TPSA) is 115 Å². The monoisotopic (exact) mass is 602 g/mol. The minimum Gasteiger partial charge on any atom is -0.497 e. The molecule has 0 spiro atoms. The molecule has 0 unspecified atom stereocenters.